The van der Waals surface area contributed by atoms with Crippen molar-refractivity contribution in [3.8, 4) is 0 Å². The van der Waals surface area contributed by atoms with E-state index in [2.05, 4.69) is 11.8 Å². The maximum atomic E-state index is 12.8. The summed E-state index contributed by atoms with van der Waals surface area (Å²) in [5.74, 6) is -1.47. The molecule has 0 aromatic rings. The van der Waals surface area contributed by atoms with Gasteiger partial charge in [0, 0.05) is 74.8 Å². The smallest absolute Gasteiger partial charge is 0.0832 e. The average Bonchev–Trinajstić information content (AvgIpc) is 3.15. The minimum absolute atomic E-state index is 0.159. The molecule has 5 saturated carbocycles. The van der Waals surface area contributed by atoms with Crippen molar-refractivity contribution >= 4 is 0 Å². The first-order chi connectivity index (χ1) is 15.2. The van der Waals surface area contributed by atoms with Gasteiger partial charge in [-0.3, -0.25) is 4.90 Å². The van der Waals surface area contributed by atoms with Crippen LogP contribution in [0, 0.1) is 34.5 Å². The zero-order valence-electron chi connectivity index (χ0n) is 19.6. The quantitative estimate of drug-likeness (QED) is 0.446. The largest absolute Gasteiger partial charge is 0.392 e. The Bertz CT molecular complexity index is 798. The summed E-state index contributed by atoms with van der Waals surface area (Å²) in [7, 11) is 5.02. The lowest BCUT2D eigenvalue weighted by Crippen LogP contribution is -2.82. The van der Waals surface area contributed by atoms with Crippen molar-refractivity contribution in [3.05, 3.63) is 0 Å². The standard InChI is InChI=1S/C24H39NO7/c1-5-25-10-21(11-30-2)7-6-14(26)24-19(21)17(32-4)15(20(24)25)22(28)9-13(31-3)12-8-23(24,29)18(22)16(12)27/h12-20,26-29H,5-11H2,1-4H3/t12-,13+,14+,15?,16+,17+,18-,19-,20-,21+,22+,23+,24-/m1/s1. The normalized spacial score (nSPS) is 62.4. The molecule has 182 valence electrons. The van der Waals surface area contributed by atoms with Crippen LogP contribution in [0.5, 0.6) is 0 Å². The Balaban J connectivity index is 1.67. The summed E-state index contributed by atoms with van der Waals surface area (Å²) < 4.78 is 17.8. The molecule has 1 heterocycles. The molecule has 8 nitrogen and oxygen atoms in total. The van der Waals surface area contributed by atoms with E-state index >= 15 is 0 Å². The number of likely N-dealkylation sites (tertiary alicyclic amines) is 1. The predicted octanol–water partition coefficient (Wildman–Crippen LogP) is -0.383. The van der Waals surface area contributed by atoms with Gasteiger partial charge in [-0.15, -0.1) is 0 Å². The molecule has 32 heavy (non-hydrogen) atoms. The summed E-state index contributed by atoms with van der Waals surface area (Å²) in [5.41, 5.74) is -3.93. The van der Waals surface area contributed by atoms with E-state index in [4.69, 9.17) is 14.2 Å². The van der Waals surface area contributed by atoms with Gasteiger partial charge in [0.15, 0.2) is 0 Å². The van der Waals surface area contributed by atoms with E-state index in [1.807, 2.05) is 0 Å². The number of hydrogen-bond donors (Lipinski definition) is 4. The summed E-state index contributed by atoms with van der Waals surface area (Å²) in [6, 6.07) is -0.226. The van der Waals surface area contributed by atoms with Gasteiger partial charge < -0.3 is 34.6 Å². The maximum Gasteiger partial charge on any atom is 0.0832 e. The molecule has 0 aromatic heterocycles. The van der Waals surface area contributed by atoms with E-state index in [1.165, 1.54) is 0 Å². The van der Waals surface area contributed by atoms with Gasteiger partial charge in [-0.05, 0) is 25.8 Å². The summed E-state index contributed by atoms with van der Waals surface area (Å²) in [5, 5.41) is 48.5. The van der Waals surface area contributed by atoms with E-state index in [1.54, 1.807) is 21.3 Å². The highest BCUT2D eigenvalue weighted by molar-refractivity contribution is 5.40. The molecule has 0 amide bonds. The van der Waals surface area contributed by atoms with Gasteiger partial charge in [0.25, 0.3) is 0 Å². The first kappa shape index (κ1) is 22.2. The third-order valence-corrected chi connectivity index (χ3v) is 11.2. The van der Waals surface area contributed by atoms with Gasteiger partial charge in [-0.1, -0.05) is 6.92 Å². The van der Waals surface area contributed by atoms with E-state index in [-0.39, 0.29) is 41.4 Å². The number of aliphatic hydroxyl groups excluding tert-OH is 2. The lowest BCUT2D eigenvalue weighted by atomic mass is 9.41. The van der Waals surface area contributed by atoms with Gasteiger partial charge in [0.2, 0.25) is 0 Å². The molecule has 8 heteroatoms. The topological polar surface area (TPSA) is 112 Å². The van der Waals surface area contributed by atoms with Gasteiger partial charge >= 0.3 is 0 Å². The zero-order valence-corrected chi connectivity index (χ0v) is 19.6. The molecular weight excluding hydrogens is 414 g/mol. The fourth-order valence-electron chi connectivity index (χ4n) is 10.7. The molecule has 1 aliphatic heterocycles. The Morgan fingerprint density at radius 2 is 1.78 bits per heavy atom. The van der Waals surface area contributed by atoms with Crippen molar-refractivity contribution in [2.75, 3.05) is 41.0 Å². The van der Waals surface area contributed by atoms with Crippen molar-refractivity contribution in [2.45, 2.75) is 74.3 Å². The summed E-state index contributed by atoms with van der Waals surface area (Å²) in [4.78, 5) is 2.37. The van der Waals surface area contributed by atoms with Crippen LogP contribution < -0.4 is 0 Å². The zero-order chi connectivity index (χ0) is 22.8. The molecule has 6 rings (SSSR count). The molecule has 1 unspecified atom stereocenters. The van der Waals surface area contributed by atoms with Gasteiger partial charge in [0.1, 0.15) is 0 Å². The van der Waals surface area contributed by atoms with Crippen LogP contribution >= 0.6 is 0 Å². The van der Waals surface area contributed by atoms with Crippen LogP contribution in [0.25, 0.3) is 0 Å². The molecule has 6 aliphatic rings. The fourth-order valence-corrected chi connectivity index (χ4v) is 10.7. The van der Waals surface area contributed by atoms with Crippen LogP contribution in [0.2, 0.25) is 0 Å². The Labute approximate surface area is 189 Å². The second-order valence-electron chi connectivity index (χ2n) is 11.7. The van der Waals surface area contributed by atoms with E-state index in [0.29, 0.717) is 25.9 Å². The Morgan fingerprint density at radius 3 is 2.41 bits per heavy atom. The summed E-state index contributed by atoms with van der Waals surface area (Å²) >= 11 is 0. The third-order valence-electron chi connectivity index (χ3n) is 11.2. The van der Waals surface area contributed by atoms with Crippen LogP contribution in [0.1, 0.15) is 32.6 Å². The minimum Gasteiger partial charge on any atom is -0.392 e. The molecule has 5 aliphatic carbocycles. The van der Waals surface area contributed by atoms with E-state index in [9.17, 15) is 20.4 Å². The van der Waals surface area contributed by atoms with Crippen molar-refractivity contribution < 1.29 is 34.6 Å². The van der Waals surface area contributed by atoms with Crippen LogP contribution in [0.3, 0.4) is 0 Å². The highest BCUT2D eigenvalue weighted by atomic mass is 16.5. The summed E-state index contributed by atoms with van der Waals surface area (Å²) in [6.07, 6.45) is -0.229. The van der Waals surface area contributed by atoms with E-state index in [0.717, 1.165) is 19.5 Å². The summed E-state index contributed by atoms with van der Waals surface area (Å²) in [6.45, 7) is 4.18. The molecule has 1 saturated heterocycles. The van der Waals surface area contributed by atoms with Crippen LogP contribution in [0.4, 0.5) is 0 Å². The third kappa shape index (κ3) is 2.03. The number of hydrogen-bond acceptors (Lipinski definition) is 8. The van der Waals surface area contributed by atoms with E-state index < -0.39 is 34.7 Å². The van der Waals surface area contributed by atoms with Gasteiger partial charge in [0.05, 0.1) is 42.2 Å². The molecular formula is C24H39NO7. The highest BCUT2D eigenvalue weighted by Crippen LogP contribution is 2.80. The molecule has 1 spiro atoms. The monoisotopic (exact) mass is 453 g/mol. The minimum atomic E-state index is -1.41. The maximum absolute atomic E-state index is 12.8. The number of piperidine rings is 1. The number of aliphatic hydroxyl groups is 4. The number of ether oxygens (including phenoxy) is 3. The predicted molar refractivity (Wildman–Crippen MR) is 114 cm³/mol. The molecule has 0 radical (unpaired) electrons. The Hall–Kier alpha value is -0.320. The van der Waals surface area contributed by atoms with Crippen molar-refractivity contribution in [1.29, 1.82) is 0 Å². The van der Waals surface area contributed by atoms with Crippen LogP contribution in [-0.2, 0) is 14.2 Å². The molecule has 13 atom stereocenters. The van der Waals surface area contributed by atoms with Crippen molar-refractivity contribution in [1.82, 2.24) is 4.90 Å². The molecule has 4 N–H and O–H groups in total. The molecule has 7 bridgehead atoms. The van der Waals surface area contributed by atoms with Crippen molar-refractivity contribution in [2.24, 2.45) is 34.5 Å². The second kappa shape index (κ2) is 6.66. The average molecular weight is 454 g/mol. The number of rotatable bonds is 5. The van der Waals surface area contributed by atoms with Gasteiger partial charge in [-0.2, -0.15) is 0 Å². The number of methoxy groups -OCH3 is 3. The van der Waals surface area contributed by atoms with Crippen LogP contribution in [0.15, 0.2) is 0 Å². The van der Waals surface area contributed by atoms with Gasteiger partial charge in [-0.25, -0.2) is 0 Å². The first-order valence-corrected chi connectivity index (χ1v) is 12.3. The second-order valence-corrected chi connectivity index (χ2v) is 11.7. The lowest BCUT2D eigenvalue weighted by molar-refractivity contribution is -0.325. The van der Waals surface area contributed by atoms with Crippen LogP contribution in [-0.4, -0.2) is 108 Å². The highest BCUT2D eigenvalue weighted by Gasteiger charge is 2.90. The molecule has 6 fully saturated rings. The first-order valence-electron chi connectivity index (χ1n) is 12.3. The Morgan fingerprint density at radius 1 is 1.03 bits per heavy atom. The number of nitrogens with zero attached hydrogens (tertiary/aromatic N) is 1. The fraction of sp³-hybridized carbons (Fsp3) is 1.00. The lowest BCUT2D eigenvalue weighted by Gasteiger charge is -2.71. The SMILES string of the molecule is CCN1C[C@]2(COC)CC[C@H](O)[C@@]34[C@@H]2[C@@H](OC)C([C@@H]13)[C@@]1(O)C[C@H](OC)[C@H]2C[C@]4(O)[C@@H]1[C@H]2O. The molecule has 0 aromatic carbocycles. The number of fused-ring (bicyclic) bond motifs is 2. The van der Waals surface area contributed by atoms with Crippen molar-refractivity contribution in [3.63, 3.8) is 0 Å². The Kier molecular flexibility index (Phi) is 4.62.